The predicted octanol–water partition coefficient (Wildman–Crippen LogP) is 3.91. The Hall–Kier alpha value is -3.14. The Balaban J connectivity index is 1.92. The minimum absolute atomic E-state index is 0.163. The standard InChI is InChI=1S/C23H23NO3/c1-16-9-11-19(12-10-16)15-20-21(23(26)27-3)17(2)24(22(20)25)14-13-18-7-5-4-6-8-18/h4-12,15H,13-14H2,1-3H3. The summed E-state index contributed by atoms with van der Waals surface area (Å²) < 4.78 is 4.93. The van der Waals surface area contributed by atoms with Crippen LogP contribution in [-0.2, 0) is 20.7 Å². The van der Waals surface area contributed by atoms with Crippen LogP contribution in [0.5, 0.6) is 0 Å². The van der Waals surface area contributed by atoms with E-state index >= 15 is 0 Å². The number of benzene rings is 2. The van der Waals surface area contributed by atoms with E-state index in [4.69, 9.17) is 4.74 Å². The highest BCUT2D eigenvalue weighted by atomic mass is 16.5. The smallest absolute Gasteiger partial charge is 0.340 e. The molecule has 1 aliphatic rings. The highest BCUT2D eigenvalue weighted by Crippen LogP contribution is 2.31. The van der Waals surface area contributed by atoms with E-state index in [1.54, 1.807) is 17.9 Å². The molecular weight excluding hydrogens is 338 g/mol. The first-order valence-corrected chi connectivity index (χ1v) is 8.95. The summed E-state index contributed by atoms with van der Waals surface area (Å²) >= 11 is 0. The van der Waals surface area contributed by atoms with Crippen molar-refractivity contribution in [1.29, 1.82) is 0 Å². The normalized spacial score (nSPS) is 15.6. The summed E-state index contributed by atoms with van der Waals surface area (Å²) in [6.07, 6.45) is 2.48. The molecule has 0 bridgehead atoms. The van der Waals surface area contributed by atoms with Gasteiger partial charge in [0.15, 0.2) is 0 Å². The van der Waals surface area contributed by atoms with Gasteiger partial charge in [-0.2, -0.15) is 0 Å². The van der Waals surface area contributed by atoms with E-state index in [2.05, 4.69) is 0 Å². The number of ether oxygens (including phenoxy) is 1. The van der Waals surface area contributed by atoms with Gasteiger partial charge in [-0.05, 0) is 37.5 Å². The fourth-order valence-electron chi connectivity index (χ4n) is 3.21. The molecule has 0 aromatic heterocycles. The van der Waals surface area contributed by atoms with Gasteiger partial charge < -0.3 is 9.64 Å². The topological polar surface area (TPSA) is 46.6 Å². The molecule has 0 atom stereocenters. The van der Waals surface area contributed by atoms with E-state index in [0.717, 1.165) is 23.1 Å². The summed E-state index contributed by atoms with van der Waals surface area (Å²) in [5.41, 5.74) is 4.53. The molecule has 0 spiro atoms. The molecule has 4 nitrogen and oxygen atoms in total. The molecule has 2 aromatic rings. The number of allylic oxidation sites excluding steroid dienone is 1. The van der Waals surface area contributed by atoms with Crippen LogP contribution in [0.1, 0.15) is 23.6 Å². The van der Waals surface area contributed by atoms with Crippen molar-refractivity contribution in [3.63, 3.8) is 0 Å². The Morgan fingerprint density at radius 2 is 1.70 bits per heavy atom. The van der Waals surface area contributed by atoms with Gasteiger partial charge in [-0.3, -0.25) is 4.79 Å². The molecule has 0 fully saturated rings. The number of nitrogens with zero attached hydrogens (tertiary/aromatic N) is 1. The van der Waals surface area contributed by atoms with Crippen molar-refractivity contribution in [2.24, 2.45) is 0 Å². The molecule has 0 saturated heterocycles. The van der Waals surface area contributed by atoms with Crippen LogP contribution < -0.4 is 0 Å². The zero-order chi connectivity index (χ0) is 19.4. The van der Waals surface area contributed by atoms with Gasteiger partial charge in [0, 0.05) is 12.2 Å². The Labute approximate surface area is 159 Å². The largest absolute Gasteiger partial charge is 0.465 e. The fraction of sp³-hybridized carbons (Fsp3) is 0.217. The number of carbonyl (C=O) groups excluding carboxylic acids is 2. The van der Waals surface area contributed by atoms with Crippen molar-refractivity contribution in [2.45, 2.75) is 20.3 Å². The summed E-state index contributed by atoms with van der Waals surface area (Å²) in [4.78, 5) is 27.1. The highest BCUT2D eigenvalue weighted by Gasteiger charge is 2.36. The lowest BCUT2D eigenvalue weighted by Gasteiger charge is -2.17. The van der Waals surface area contributed by atoms with Crippen molar-refractivity contribution < 1.29 is 14.3 Å². The lowest BCUT2D eigenvalue weighted by atomic mass is 10.0. The van der Waals surface area contributed by atoms with Crippen molar-refractivity contribution >= 4 is 18.0 Å². The summed E-state index contributed by atoms with van der Waals surface area (Å²) in [5, 5.41) is 0. The number of aryl methyl sites for hydroxylation is 1. The van der Waals surface area contributed by atoms with Crippen molar-refractivity contribution in [2.75, 3.05) is 13.7 Å². The lowest BCUT2D eigenvalue weighted by molar-refractivity contribution is -0.136. The van der Waals surface area contributed by atoms with Gasteiger partial charge in [0.1, 0.15) is 0 Å². The number of hydrogen-bond donors (Lipinski definition) is 0. The Morgan fingerprint density at radius 1 is 1.04 bits per heavy atom. The maximum absolute atomic E-state index is 13.0. The van der Waals surface area contributed by atoms with Gasteiger partial charge in [0.05, 0.1) is 18.3 Å². The van der Waals surface area contributed by atoms with Gasteiger partial charge in [-0.15, -0.1) is 0 Å². The number of amides is 1. The summed E-state index contributed by atoms with van der Waals surface area (Å²) in [7, 11) is 1.34. The van der Waals surface area contributed by atoms with E-state index in [-0.39, 0.29) is 5.91 Å². The van der Waals surface area contributed by atoms with Crippen LogP contribution in [0, 0.1) is 6.92 Å². The number of methoxy groups -OCH3 is 1. The second kappa shape index (κ2) is 8.04. The third-order valence-electron chi connectivity index (χ3n) is 4.76. The molecular formula is C23H23NO3. The van der Waals surface area contributed by atoms with Gasteiger partial charge >= 0.3 is 5.97 Å². The summed E-state index contributed by atoms with van der Waals surface area (Å²) in [6, 6.07) is 17.8. The molecule has 4 heteroatoms. The van der Waals surface area contributed by atoms with E-state index in [1.807, 2.05) is 61.5 Å². The molecule has 3 rings (SSSR count). The second-order valence-electron chi connectivity index (χ2n) is 6.61. The SMILES string of the molecule is COC(=O)C1=C(C)N(CCc2ccccc2)C(=O)C1=Cc1ccc(C)cc1. The van der Waals surface area contributed by atoms with Gasteiger partial charge in [0.25, 0.3) is 5.91 Å². The Kier molecular flexibility index (Phi) is 5.55. The molecule has 138 valence electrons. The molecule has 1 amide bonds. The number of hydrogen-bond acceptors (Lipinski definition) is 3. The zero-order valence-electron chi connectivity index (χ0n) is 15.9. The van der Waals surface area contributed by atoms with Crippen LogP contribution in [0.4, 0.5) is 0 Å². The van der Waals surface area contributed by atoms with Gasteiger partial charge in [-0.1, -0.05) is 60.2 Å². The maximum atomic E-state index is 13.0. The predicted molar refractivity (Wildman–Crippen MR) is 106 cm³/mol. The third-order valence-corrected chi connectivity index (χ3v) is 4.76. The quantitative estimate of drug-likeness (QED) is 0.599. The Bertz CT molecular complexity index is 908. The van der Waals surface area contributed by atoms with Crippen molar-refractivity contribution in [1.82, 2.24) is 4.90 Å². The molecule has 0 saturated carbocycles. The van der Waals surface area contributed by atoms with Crippen LogP contribution in [0.15, 0.2) is 71.4 Å². The van der Waals surface area contributed by atoms with E-state index in [9.17, 15) is 9.59 Å². The monoisotopic (exact) mass is 361 g/mol. The van der Waals surface area contributed by atoms with Gasteiger partial charge in [0.2, 0.25) is 0 Å². The molecule has 0 unspecified atom stereocenters. The molecule has 0 N–H and O–H groups in total. The van der Waals surface area contributed by atoms with Gasteiger partial charge in [-0.25, -0.2) is 4.79 Å². The average molecular weight is 361 g/mol. The van der Waals surface area contributed by atoms with E-state index < -0.39 is 5.97 Å². The number of esters is 1. The zero-order valence-corrected chi connectivity index (χ0v) is 15.9. The molecule has 1 heterocycles. The van der Waals surface area contributed by atoms with Crippen molar-refractivity contribution in [3.05, 3.63) is 88.1 Å². The molecule has 0 radical (unpaired) electrons. The van der Waals surface area contributed by atoms with Crippen LogP contribution in [0.2, 0.25) is 0 Å². The fourth-order valence-corrected chi connectivity index (χ4v) is 3.21. The molecule has 2 aromatic carbocycles. The highest BCUT2D eigenvalue weighted by molar-refractivity contribution is 6.16. The lowest BCUT2D eigenvalue weighted by Crippen LogP contribution is -2.27. The minimum Gasteiger partial charge on any atom is -0.465 e. The summed E-state index contributed by atoms with van der Waals surface area (Å²) in [5.74, 6) is -0.647. The van der Waals surface area contributed by atoms with Crippen LogP contribution >= 0.6 is 0 Å². The molecule has 27 heavy (non-hydrogen) atoms. The number of carbonyl (C=O) groups is 2. The second-order valence-corrected chi connectivity index (χ2v) is 6.61. The van der Waals surface area contributed by atoms with Crippen LogP contribution in [0.25, 0.3) is 6.08 Å². The third kappa shape index (κ3) is 4.00. The first-order valence-electron chi connectivity index (χ1n) is 8.95. The first-order chi connectivity index (χ1) is 13.0. The molecule has 0 aliphatic carbocycles. The maximum Gasteiger partial charge on any atom is 0.340 e. The Morgan fingerprint density at radius 3 is 2.33 bits per heavy atom. The van der Waals surface area contributed by atoms with Crippen LogP contribution in [-0.4, -0.2) is 30.4 Å². The van der Waals surface area contributed by atoms with E-state index in [0.29, 0.717) is 23.4 Å². The average Bonchev–Trinajstić information content (AvgIpc) is 2.92. The van der Waals surface area contributed by atoms with E-state index in [1.165, 1.54) is 7.11 Å². The molecule has 1 aliphatic heterocycles. The summed E-state index contributed by atoms with van der Waals surface area (Å²) in [6.45, 7) is 4.32. The van der Waals surface area contributed by atoms with Crippen molar-refractivity contribution in [3.8, 4) is 0 Å². The first kappa shape index (κ1) is 18.6. The van der Waals surface area contributed by atoms with Crippen LogP contribution in [0.3, 0.4) is 0 Å². The number of rotatable bonds is 5. The minimum atomic E-state index is -0.485.